The Morgan fingerprint density at radius 1 is 1.42 bits per heavy atom. The van der Waals surface area contributed by atoms with E-state index in [1.165, 1.54) is 18.2 Å². The Bertz CT molecular complexity index is 520. The van der Waals surface area contributed by atoms with E-state index >= 15 is 0 Å². The van der Waals surface area contributed by atoms with Gasteiger partial charge in [-0.25, -0.2) is 4.79 Å². The summed E-state index contributed by atoms with van der Waals surface area (Å²) in [5, 5.41) is 14.5. The summed E-state index contributed by atoms with van der Waals surface area (Å²) < 4.78 is 0. The van der Waals surface area contributed by atoms with Crippen LogP contribution in [0.15, 0.2) is 18.2 Å². The van der Waals surface area contributed by atoms with Crippen molar-refractivity contribution in [3.05, 3.63) is 28.8 Å². The van der Waals surface area contributed by atoms with E-state index in [4.69, 9.17) is 28.9 Å². The number of hydrogen-bond acceptors (Lipinski definition) is 3. The number of thiocarbonyl (C=S) groups is 1. The van der Waals surface area contributed by atoms with E-state index in [-0.39, 0.29) is 22.3 Å². The van der Waals surface area contributed by atoms with Gasteiger partial charge in [-0.3, -0.25) is 4.79 Å². The van der Waals surface area contributed by atoms with Crippen LogP contribution in [0.3, 0.4) is 0 Å². The fraction of sp³-hybridized carbons (Fsp3) is 0.250. The quantitative estimate of drug-likeness (QED) is 0.745. The molecule has 5 nitrogen and oxygen atoms in total. The van der Waals surface area contributed by atoms with Crippen molar-refractivity contribution in [3.63, 3.8) is 0 Å². The normalized spacial score (nSPS) is 9.79. The zero-order chi connectivity index (χ0) is 14.4. The Morgan fingerprint density at radius 2 is 2.11 bits per heavy atom. The van der Waals surface area contributed by atoms with E-state index in [9.17, 15) is 9.59 Å². The van der Waals surface area contributed by atoms with E-state index in [0.29, 0.717) is 17.9 Å². The number of anilines is 1. The first-order chi connectivity index (χ1) is 8.93. The second-order valence-corrected chi connectivity index (χ2v) is 4.59. The van der Waals surface area contributed by atoms with Crippen LogP contribution in [-0.4, -0.2) is 22.1 Å². The van der Waals surface area contributed by atoms with Crippen molar-refractivity contribution in [2.75, 3.05) is 5.32 Å². The van der Waals surface area contributed by atoms with Gasteiger partial charge in [0, 0.05) is 11.4 Å². The number of rotatable bonds is 4. The van der Waals surface area contributed by atoms with Crippen LogP contribution in [0.25, 0.3) is 0 Å². The molecule has 0 aliphatic carbocycles. The zero-order valence-corrected chi connectivity index (χ0v) is 11.8. The van der Waals surface area contributed by atoms with Crippen molar-refractivity contribution >= 4 is 46.5 Å². The summed E-state index contributed by atoms with van der Waals surface area (Å²) in [5.41, 5.74) is 0.262. The van der Waals surface area contributed by atoms with Crippen LogP contribution in [0.4, 0.5) is 5.69 Å². The van der Waals surface area contributed by atoms with E-state index < -0.39 is 5.97 Å². The molecule has 0 aliphatic rings. The minimum absolute atomic E-state index is 0.0143. The Kier molecular flexibility index (Phi) is 5.72. The molecule has 102 valence electrons. The molecular formula is C12H13ClN2O3S. The van der Waals surface area contributed by atoms with E-state index in [0.717, 1.165) is 0 Å². The molecule has 7 heteroatoms. The van der Waals surface area contributed by atoms with Crippen molar-refractivity contribution in [1.82, 2.24) is 5.32 Å². The molecular weight excluding hydrogens is 288 g/mol. The molecule has 0 saturated heterocycles. The summed E-state index contributed by atoms with van der Waals surface area (Å²) >= 11 is 10.7. The topological polar surface area (TPSA) is 78.4 Å². The third kappa shape index (κ3) is 4.84. The van der Waals surface area contributed by atoms with Gasteiger partial charge < -0.3 is 15.7 Å². The highest BCUT2D eigenvalue weighted by molar-refractivity contribution is 7.80. The number of hydrogen-bond donors (Lipinski definition) is 3. The first-order valence-electron chi connectivity index (χ1n) is 5.57. The number of amides is 1. The first kappa shape index (κ1) is 15.4. The maximum Gasteiger partial charge on any atom is 0.337 e. The molecule has 1 aromatic rings. The number of benzene rings is 1. The Hall–Kier alpha value is -1.66. The molecule has 0 heterocycles. The molecule has 1 rings (SSSR count). The molecule has 0 unspecified atom stereocenters. The second-order valence-electron chi connectivity index (χ2n) is 3.75. The number of nitrogens with one attached hydrogen (secondary N) is 2. The Balaban J connectivity index is 2.79. The number of aromatic carboxylic acids is 1. The van der Waals surface area contributed by atoms with Crippen LogP contribution >= 0.6 is 23.8 Å². The van der Waals surface area contributed by atoms with Gasteiger partial charge in [0.1, 0.15) is 0 Å². The van der Waals surface area contributed by atoms with E-state index in [2.05, 4.69) is 10.6 Å². The highest BCUT2D eigenvalue weighted by Gasteiger charge is 2.12. The molecule has 0 radical (unpaired) electrons. The van der Waals surface area contributed by atoms with Gasteiger partial charge in [-0.05, 0) is 36.8 Å². The maximum atomic E-state index is 11.3. The molecule has 0 fully saturated rings. The maximum absolute atomic E-state index is 11.3. The SMILES string of the molecule is CCCC(=O)NC(=S)Nc1ccc(Cl)cc1C(=O)O. The van der Waals surface area contributed by atoms with Crippen molar-refractivity contribution in [2.45, 2.75) is 19.8 Å². The number of halogens is 1. The van der Waals surface area contributed by atoms with Gasteiger partial charge in [0.2, 0.25) is 5.91 Å². The lowest BCUT2D eigenvalue weighted by Crippen LogP contribution is -2.34. The molecule has 1 amide bonds. The smallest absolute Gasteiger partial charge is 0.337 e. The minimum Gasteiger partial charge on any atom is -0.478 e. The minimum atomic E-state index is -1.13. The molecule has 0 aromatic heterocycles. The molecule has 0 saturated carbocycles. The fourth-order valence-electron chi connectivity index (χ4n) is 1.37. The molecule has 0 atom stereocenters. The number of carboxylic acids is 1. The van der Waals surface area contributed by atoms with Gasteiger partial charge >= 0.3 is 5.97 Å². The van der Waals surface area contributed by atoms with Crippen LogP contribution in [0.2, 0.25) is 5.02 Å². The third-order valence-electron chi connectivity index (χ3n) is 2.19. The summed E-state index contributed by atoms with van der Waals surface area (Å²) in [6.07, 6.45) is 1.06. The van der Waals surface area contributed by atoms with Gasteiger partial charge in [0.25, 0.3) is 0 Å². The first-order valence-corrected chi connectivity index (χ1v) is 6.36. The fourth-order valence-corrected chi connectivity index (χ4v) is 1.77. The predicted octanol–water partition coefficient (Wildman–Crippen LogP) is 2.65. The number of carboxylic acid groups (broad SMARTS) is 1. The average Bonchev–Trinajstić information content (AvgIpc) is 2.31. The van der Waals surface area contributed by atoms with E-state index in [1.54, 1.807) is 0 Å². The van der Waals surface area contributed by atoms with Gasteiger partial charge in [0.05, 0.1) is 11.3 Å². The van der Waals surface area contributed by atoms with E-state index in [1.807, 2.05) is 6.92 Å². The summed E-state index contributed by atoms with van der Waals surface area (Å²) in [7, 11) is 0. The van der Waals surface area contributed by atoms with Gasteiger partial charge in [-0.2, -0.15) is 0 Å². The molecule has 0 aliphatic heterocycles. The van der Waals surface area contributed by atoms with Crippen LogP contribution in [0.5, 0.6) is 0 Å². The lowest BCUT2D eigenvalue weighted by Gasteiger charge is -2.11. The van der Waals surface area contributed by atoms with Crippen LogP contribution in [0, 0.1) is 0 Å². The summed E-state index contributed by atoms with van der Waals surface area (Å²) in [5.74, 6) is -1.35. The van der Waals surface area contributed by atoms with Crippen molar-refractivity contribution in [3.8, 4) is 0 Å². The van der Waals surface area contributed by atoms with Gasteiger partial charge in [-0.1, -0.05) is 18.5 Å². The average molecular weight is 301 g/mol. The second kappa shape index (κ2) is 7.06. The summed E-state index contributed by atoms with van der Waals surface area (Å²) in [4.78, 5) is 22.4. The van der Waals surface area contributed by atoms with Crippen molar-refractivity contribution in [1.29, 1.82) is 0 Å². The lowest BCUT2D eigenvalue weighted by molar-refractivity contribution is -0.119. The molecule has 3 N–H and O–H groups in total. The van der Waals surface area contributed by atoms with Crippen molar-refractivity contribution in [2.24, 2.45) is 0 Å². The lowest BCUT2D eigenvalue weighted by atomic mass is 10.2. The standard InChI is InChI=1S/C12H13ClN2O3S/c1-2-3-10(16)15-12(19)14-9-5-4-7(13)6-8(9)11(17)18/h4-6H,2-3H2,1H3,(H,17,18)(H2,14,15,16,19). The molecule has 0 spiro atoms. The number of carbonyl (C=O) groups is 2. The summed E-state index contributed by atoms with van der Waals surface area (Å²) in [6, 6.07) is 4.33. The summed E-state index contributed by atoms with van der Waals surface area (Å²) in [6.45, 7) is 1.87. The molecule has 0 bridgehead atoms. The monoisotopic (exact) mass is 300 g/mol. The van der Waals surface area contributed by atoms with Gasteiger partial charge in [0.15, 0.2) is 5.11 Å². The largest absolute Gasteiger partial charge is 0.478 e. The van der Waals surface area contributed by atoms with Crippen LogP contribution in [0.1, 0.15) is 30.1 Å². The van der Waals surface area contributed by atoms with Crippen LogP contribution < -0.4 is 10.6 Å². The van der Waals surface area contributed by atoms with Crippen LogP contribution in [-0.2, 0) is 4.79 Å². The Morgan fingerprint density at radius 3 is 2.68 bits per heavy atom. The molecule has 1 aromatic carbocycles. The Labute approximate surface area is 121 Å². The van der Waals surface area contributed by atoms with Gasteiger partial charge in [-0.15, -0.1) is 0 Å². The van der Waals surface area contributed by atoms with Crippen molar-refractivity contribution < 1.29 is 14.7 Å². The zero-order valence-electron chi connectivity index (χ0n) is 10.2. The molecule has 19 heavy (non-hydrogen) atoms. The predicted molar refractivity (Wildman–Crippen MR) is 77.7 cm³/mol. The third-order valence-corrected chi connectivity index (χ3v) is 2.63. The highest BCUT2D eigenvalue weighted by atomic mass is 35.5. The highest BCUT2D eigenvalue weighted by Crippen LogP contribution is 2.20. The number of carbonyl (C=O) groups excluding carboxylic acids is 1.